The lowest BCUT2D eigenvalue weighted by molar-refractivity contribution is 0.0782. The average molecular weight is 247 g/mol. The first kappa shape index (κ1) is 13.8. The van der Waals surface area contributed by atoms with Crippen molar-refractivity contribution < 1.29 is 9.53 Å². The molecule has 1 unspecified atom stereocenters. The van der Waals surface area contributed by atoms with Crippen LogP contribution in [-0.4, -0.2) is 31.5 Å². The molecule has 96 valence electrons. The molecule has 18 heavy (non-hydrogen) atoms. The quantitative estimate of drug-likeness (QED) is 0.818. The van der Waals surface area contributed by atoms with Crippen LogP contribution in [0, 0.1) is 17.2 Å². The highest BCUT2D eigenvalue weighted by atomic mass is 16.5. The van der Waals surface area contributed by atoms with Gasteiger partial charge < -0.3 is 15.4 Å². The zero-order valence-corrected chi connectivity index (χ0v) is 10.8. The number of methoxy groups -OCH3 is 1. The zero-order valence-electron chi connectivity index (χ0n) is 10.8. The molecule has 0 aliphatic heterocycles. The van der Waals surface area contributed by atoms with Crippen LogP contribution in [0.2, 0.25) is 0 Å². The second-order valence-electron chi connectivity index (χ2n) is 4.18. The lowest BCUT2D eigenvalue weighted by Crippen LogP contribution is -2.31. The van der Waals surface area contributed by atoms with Crippen molar-refractivity contribution >= 4 is 11.6 Å². The van der Waals surface area contributed by atoms with E-state index in [1.807, 2.05) is 0 Å². The normalized spacial score (nSPS) is 11.4. The summed E-state index contributed by atoms with van der Waals surface area (Å²) in [6.07, 6.45) is 0. The molecule has 0 spiro atoms. The van der Waals surface area contributed by atoms with E-state index < -0.39 is 0 Å². The molecule has 5 nitrogen and oxygen atoms in total. The molecule has 1 amide bonds. The van der Waals surface area contributed by atoms with Gasteiger partial charge in [-0.3, -0.25) is 4.79 Å². The number of carbonyl (C=O) groups is 1. The fraction of sp³-hybridized carbons (Fsp3) is 0.385. The van der Waals surface area contributed by atoms with Gasteiger partial charge in [-0.1, -0.05) is 0 Å². The van der Waals surface area contributed by atoms with E-state index in [-0.39, 0.29) is 11.8 Å². The van der Waals surface area contributed by atoms with Crippen LogP contribution in [0.4, 0.5) is 5.69 Å². The third-order valence-corrected chi connectivity index (χ3v) is 2.57. The van der Waals surface area contributed by atoms with Crippen molar-refractivity contribution in [2.45, 2.75) is 6.92 Å². The highest BCUT2D eigenvalue weighted by Crippen LogP contribution is 2.22. The van der Waals surface area contributed by atoms with Gasteiger partial charge in [0.05, 0.1) is 24.7 Å². The van der Waals surface area contributed by atoms with Gasteiger partial charge in [0.25, 0.3) is 5.91 Å². The number of carbonyl (C=O) groups excluding carboxylic acids is 1. The van der Waals surface area contributed by atoms with E-state index in [1.54, 1.807) is 32.2 Å². The van der Waals surface area contributed by atoms with Crippen molar-refractivity contribution in [3.63, 3.8) is 0 Å². The van der Waals surface area contributed by atoms with Crippen molar-refractivity contribution in [1.82, 2.24) is 4.90 Å². The summed E-state index contributed by atoms with van der Waals surface area (Å²) in [6.45, 7) is 2.13. The monoisotopic (exact) mass is 247 g/mol. The van der Waals surface area contributed by atoms with E-state index in [4.69, 9.17) is 15.7 Å². The van der Waals surface area contributed by atoms with Crippen LogP contribution in [0.1, 0.15) is 17.3 Å². The molecular weight excluding hydrogens is 230 g/mol. The lowest BCUT2D eigenvalue weighted by atomic mass is 10.1. The highest BCUT2D eigenvalue weighted by Gasteiger charge is 2.18. The van der Waals surface area contributed by atoms with Crippen LogP contribution < -0.4 is 10.5 Å². The SMILES string of the molecule is COc1ccc(N)cc1C(=O)N(C)CC(C)C#N. The Morgan fingerprint density at radius 3 is 2.83 bits per heavy atom. The van der Waals surface area contributed by atoms with Gasteiger partial charge in [0.2, 0.25) is 0 Å². The van der Waals surface area contributed by atoms with E-state index in [1.165, 1.54) is 12.0 Å². The number of hydrogen-bond acceptors (Lipinski definition) is 4. The second kappa shape index (κ2) is 5.92. The van der Waals surface area contributed by atoms with Crippen LogP contribution in [0.3, 0.4) is 0 Å². The smallest absolute Gasteiger partial charge is 0.257 e. The van der Waals surface area contributed by atoms with Gasteiger partial charge >= 0.3 is 0 Å². The molecule has 0 saturated heterocycles. The summed E-state index contributed by atoms with van der Waals surface area (Å²) in [4.78, 5) is 13.7. The maximum Gasteiger partial charge on any atom is 0.257 e. The summed E-state index contributed by atoms with van der Waals surface area (Å²) in [5.41, 5.74) is 6.58. The van der Waals surface area contributed by atoms with Crippen molar-refractivity contribution in [1.29, 1.82) is 5.26 Å². The number of rotatable bonds is 4. The number of benzene rings is 1. The Labute approximate surface area is 107 Å². The molecule has 1 aromatic carbocycles. The van der Waals surface area contributed by atoms with Crippen molar-refractivity contribution in [3.8, 4) is 11.8 Å². The number of amides is 1. The number of anilines is 1. The van der Waals surface area contributed by atoms with Crippen LogP contribution in [-0.2, 0) is 0 Å². The van der Waals surface area contributed by atoms with Gasteiger partial charge in [-0.15, -0.1) is 0 Å². The first-order valence-corrected chi connectivity index (χ1v) is 5.58. The number of nitrogens with two attached hydrogens (primary N) is 1. The zero-order chi connectivity index (χ0) is 13.7. The van der Waals surface area contributed by atoms with Crippen molar-refractivity contribution in [2.75, 3.05) is 26.4 Å². The van der Waals surface area contributed by atoms with Gasteiger partial charge in [0, 0.05) is 19.3 Å². The third-order valence-electron chi connectivity index (χ3n) is 2.57. The maximum absolute atomic E-state index is 12.2. The fourth-order valence-electron chi connectivity index (χ4n) is 1.63. The lowest BCUT2D eigenvalue weighted by Gasteiger charge is -2.19. The Bertz CT molecular complexity index is 480. The molecule has 5 heteroatoms. The standard InChI is InChI=1S/C13H17N3O2/c1-9(7-14)8-16(2)13(17)11-6-10(15)4-5-12(11)18-3/h4-6,9H,8,15H2,1-3H3. The highest BCUT2D eigenvalue weighted by molar-refractivity contribution is 5.97. The number of hydrogen-bond donors (Lipinski definition) is 1. The Morgan fingerprint density at radius 1 is 1.61 bits per heavy atom. The summed E-state index contributed by atoms with van der Waals surface area (Å²) in [7, 11) is 3.15. The minimum absolute atomic E-state index is 0.207. The molecule has 0 bridgehead atoms. The molecule has 0 saturated carbocycles. The predicted octanol–water partition coefficient (Wildman–Crippen LogP) is 1.51. The molecule has 1 aromatic rings. The second-order valence-corrected chi connectivity index (χ2v) is 4.18. The van der Waals surface area contributed by atoms with Crippen LogP contribution in [0.5, 0.6) is 5.75 Å². The Balaban J connectivity index is 2.96. The first-order chi connectivity index (χ1) is 8.49. The first-order valence-electron chi connectivity index (χ1n) is 5.58. The summed E-state index contributed by atoms with van der Waals surface area (Å²) in [5, 5.41) is 8.75. The fourth-order valence-corrected chi connectivity index (χ4v) is 1.63. The van der Waals surface area contributed by atoms with Gasteiger partial charge in [0.15, 0.2) is 0 Å². The summed E-state index contributed by atoms with van der Waals surface area (Å²) in [5.74, 6) is 0.0536. The molecule has 0 fully saturated rings. The Kier molecular flexibility index (Phi) is 4.55. The summed E-state index contributed by atoms with van der Waals surface area (Å²) in [6, 6.07) is 7.00. The minimum Gasteiger partial charge on any atom is -0.496 e. The molecule has 0 aliphatic rings. The van der Waals surface area contributed by atoms with Crippen molar-refractivity contribution in [2.24, 2.45) is 5.92 Å². The molecule has 0 radical (unpaired) electrons. The van der Waals surface area contributed by atoms with Crippen LogP contribution >= 0.6 is 0 Å². The molecule has 1 atom stereocenters. The van der Waals surface area contributed by atoms with E-state index >= 15 is 0 Å². The molecule has 0 aromatic heterocycles. The molecule has 2 N–H and O–H groups in total. The number of ether oxygens (including phenoxy) is 1. The summed E-state index contributed by atoms with van der Waals surface area (Å²) >= 11 is 0. The van der Waals surface area contributed by atoms with Gasteiger partial charge in [0.1, 0.15) is 5.75 Å². The maximum atomic E-state index is 12.2. The van der Waals surface area contributed by atoms with E-state index in [0.717, 1.165) is 0 Å². The van der Waals surface area contributed by atoms with Gasteiger partial charge in [-0.25, -0.2) is 0 Å². The summed E-state index contributed by atoms with van der Waals surface area (Å²) < 4.78 is 5.13. The van der Waals surface area contributed by atoms with Crippen molar-refractivity contribution in [3.05, 3.63) is 23.8 Å². The number of nitrogens with zero attached hydrogens (tertiary/aromatic N) is 2. The van der Waals surface area contributed by atoms with E-state index in [0.29, 0.717) is 23.5 Å². The minimum atomic E-state index is -0.217. The number of nitriles is 1. The molecule has 1 rings (SSSR count). The van der Waals surface area contributed by atoms with E-state index in [2.05, 4.69) is 6.07 Å². The number of nitrogen functional groups attached to an aromatic ring is 1. The predicted molar refractivity (Wildman–Crippen MR) is 69.1 cm³/mol. The average Bonchev–Trinajstić information content (AvgIpc) is 2.37. The third kappa shape index (κ3) is 3.14. The topological polar surface area (TPSA) is 79.3 Å². The molecule has 0 aliphatic carbocycles. The Morgan fingerprint density at radius 2 is 2.28 bits per heavy atom. The molecule has 0 heterocycles. The Hall–Kier alpha value is -2.22. The van der Waals surface area contributed by atoms with Crippen LogP contribution in [0.25, 0.3) is 0 Å². The largest absolute Gasteiger partial charge is 0.496 e. The van der Waals surface area contributed by atoms with E-state index in [9.17, 15) is 4.79 Å². The van der Waals surface area contributed by atoms with Crippen LogP contribution in [0.15, 0.2) is 18.2 Å². The van der Waals surface area contributed by atoms with Gasteiger partial charge in [-0.05, 0) is 25.1 Å². The van der Waals surface area contributed by atoms with Gasteiger partial charge in [-0.2, -0.15) is 5.26 Å². The molecular formula is C13H17N3O2.